The van der Waals surface area contributed by atoms with Gasteiger partial charge in [0.15, 0.2) is 0 Å². The van der Waals surface area contributed by atoms with E-state index in [1.54, 1.807) is 10.9 Å². The zero-order chi connectivity index (χ0) is 26.4. The second-order valence-corrected chi connectivity index (χ2v) is 7.73. The molecule has 8 nitrogen and oxygen atoms in total. The van der Waals surface area contributed by atoms with E-state index in [-0.39, 0.29) is 16.8 Å². The molecule has 0 fully saturated rings. The molecule has 11 heteroatoms. The quantitative estimate of drug-likeness (QED) is 0.155. The summed E-state index contributed by atoms with van der Waals surface area (Å²) in [7, 11) is 0. The number of benzene rings is 3. The Labute approximate surface area is 208 Å². The Bertz CT molecular complexity index is 1460. The van der Waals surface area contributed by atoms with E-state index in [9.17, 15) is 28.1 Å². The predicted octanol–water partition coefficient (Wildman–Crippen LogP) is 5.49. The number of carbonyl (C=O) groups excluding carboxylic acids is 1. The number of nitro benzene ring substituents is 1. The molecule has 4 rings (SSSR count). The Hall–Kier alpha value is -5.06. The molecule has 0 aliphatic heterocycles. The number of aromatic nitrogens is 2. The molecule has 3 aromatic carbocycles. The van der Waals surface area contributed by atoms with Crippen LogP contribution in [-0.2, 0) is 11.0 Å². The molecule has 0 spiro atoms. The van der Waals surface area contributed by atoms with Crippen LogP contribution in [0, 0.1) is 10.1 Å². The number of hydrogen-bond donors (Lipinski definition) is 1. The minimum Gasteiger partial charge on any atom is -0.267 e. The van der Waals surface area contributed by atoms with E-state index in [0.29, 0.717) is 11.1 Å². The van der Waals surface area contributed by atoms with Gasteiger partial charge >= 0.3 is 6.18 Å². The van der Waals surface area contributed by atoms with Crippen molar-refractivity contribution in [3.63, 3.8) is 0 Å². The van der Waals surface area contributed by atoms with Gasteiger partial charge in [0, 0.05) is 29.5 Å². The lowest BCUT2D eigenvalue weighted by molar-refractivity contribution is -0.384. The van der Waals surface area contributed by atoms with Gasteiger partial charge in [0.25, 0.3) is 11.6 Å². The van der Waals surface area contributed by atoms with Gasteiger partial charge in [0.05, 0.1) is 28.6 Å². The molecule has 0 atom stereocenters. The lowest BCUT2D eigenvalue weighted by atomic mass is 10.0. The lowest BCUT2D eigenvalue weighted by Gasteiger charge is -2.10. The summed E-state index contributed by atoms with van der Waals surface area (Å²) in [6.45, 7) is 0. The van der Waals surface area contributed by atoms with Crippen molar-refractivity contribution in [1.29, 1.82) is 0 Å². The van der Waals surface area contributed by atoms with Crippen molar-refractivity contribution in [3.05, 3.63) is 124 Å². The molecular formula is C26H18F3N5O3. The third-order valence-electron chi connectivity index (χ3n) is 5.19. The molecule has 1 heterocycles. The average Bonchev–Trinajstić information content (AvgIpc) is 3.36. The molecule has 0 saturated carbocycles. The van der Waals surface area contributed by atoms with Crippen LogP contribution in [0.2, 0.25) is 0 Å². The van der Waals surface area contributed by atoms with Crippen molar-refractivity contribution in [2.45, 2.75) is 6.18 Å². The van der Waals surface area contributed by atoms with E-state index in [1.165, 1.54) is 54.9 Å². The maximum Gasteiger partial charge on any atom is 0.416 e. The number of non-ortho nitro benzene ring substituents is 1. The maximum atomic E-state index is 13.0. The fourth-order valence-electron chi connectivity index (χ4n) is 3.33. The Morgan fingerprint density at radius 2 is 1.65 bits per heavy atom. The monoisotopic (exact) mass is 505 g/mol. The van der Waals surface area contributed by atoms with Crippen molar-refractivity contribution in [2.24, 2.45) is 5.10 Å². The van der Waals surface area contributed by atoms with Crippen LogP contribution in [0.4, 0.5) is 18.9 Å². The first-order chi connectivity index (χ1) is 17.7. The molecule has 0 unspecified atom stereocenters. The Balaban J connectivity index is 1.61. The molecule has 0 aliphatic carbocycles. The second kappa shape index (κ2) is 10.7. The Kier molecular flexibility index (Phi) is 7.23. The van der Waals surface area contributed by atoms with Crippen LogP contribution in [0.15, 0.2) is 96.4 Å². The molecule has 1 N–H and O–H groups in total. The normalized spacial score (nSPS) is 12.0. The number of carbonyl (C=O) groups is 1. The van der Waals surface area contributed by atoms with Crippen molar-refractivity contribution in [3.8, 4) is 5.69 Å². The number of amides is 1. The van der Waals surface area contributed by atoms with E-state index < -0.39 is 22.6 Å². The second-order valence-electron chi connectivity index (χ2n) is 7.73. The van der Waals surface area contributed by atoms with Gasteiger partial charge in [0.1, 0.15) is 0 Å². The largest absolute Gasteiger partial charge is 0.416 e. The first-order valence-electron chi connectivity index (χ1n) is 10.8. The summed E-state index contributed by atoms with van der Waals surface area (Å²) in [5, 5.41) is 18.9. The summed E-state index contributed by atoms with van der Waals surface area (Å²) >= 11 is 0. The van der Waals surface area contributed by atoms with Crippen molar-refractivity contribution < 1.29 is 22.9 Å². The summed E-state index contributed by atoms with van der Waals surface area (Å²) in [5.41, 5.74) is 3.53. The predicted molar refractivity (Wildman–Crippen MR) is 132 cm³/mol. The number of hydrazone groups is 1. The molecule has 0 radical (unpaired) electrons. The van der Waals surface area contributed by atoms with Gasteiger partial charge in [-0.1, -0.05) is 30.3 Å². The highest BCUT2D eigenvalue weighted by Gasteiger charge is 2.30. The smallest absolute Gasteiger partial charge is 0.267 e. The average molecular weight is 505 g/mol. The van der Waals surface area contributed by atoms with E-state index in [2.05, 4.69) is 15.6 Å². The van der Waals surface area contributed by atoms with E-state index in [4.69, 9.17) is 0 Å². The van der Waals surface area contributed by atoms with Gasteiger partial charge in [-0.3, -0.25) is 14.9 Å². The molecule has 0 bridgehead atoms. The van der Waals surface area contributed by atoms with Crippen molar-refractivity contribution in [1.82, 2.24) is 15.2 Å². The van der Waals surface area contributed by atoms with Crippen LogP contribution in [0.1, 0.15) is 22.3 Å². The third kappa shape index (κ3) is 6.34. The molecule has 1 aromatic heterocycles. The van der Waals surface area contributed by atoms with Crippen LogP contribution in [-0.4, -0.2) is 26.8 Å². The molecule has 186 valence electrons. The molecule has 1 amide bonds. The van der Waals surface area contributed by atoms with Gasteiger partial charge in [-0.2, -0.15) is 23.4 Å². The maximum absolute atomic E-state index is 13.0. The molecule has 0 aliphatic rings. The zero-order valence-electron chi connectivity index (χ0n) is 19.0. The summed E-state index contributed by atoms with van der Waals surface area (Å²) in [6.07, 6.45) is 1.46. The number of alkyl halides is 3. The van der Waals surface area contributed by atoms with Crippen LogP contribution < -0.4 is 5.43 Å². The summed E-state index contributed by atoms with van der Waals surface area (Å²) in [5.74, 6) is -0.676. The van der Waals surface area contributed by atoms with Crippen LogP contribution in [0.3, 0.4) is 0 Å². The van der Waals surface area contributed by atoms with Gasteiger partial charge in [-0.05, 0) is 53.6 Å². The number of nitrogens with one attached hydrogen (secondary N) is 1. The zero-order valence-corrected chi connectivity index (χ0v) is 19.0. The third-order valence-corrected chi connectivity index (χ3v) is 5.19. The van der Waals surface area contributed by atoms with Crippen LogP contribution >= 0.6 is 0 Å². The van der Waals surface area contributed by atoms with Gasteiger partial charge in [-0.25, -0.2) is 10.1 Å². The van der Waals surface area contributed by atoms with Crippen LogP contribution in [0.5, 0.6) is 0 Å². The topological polar surface area (TPSA) is 102 Å². The standard InChI is InChI=1S/C26H18F3N5O3/c27-26(28,29)21-10-8-20(9-11-21)24(14-19-16-31-33(17-19)22-4-2-1-3-5-22)25(35)32-30-15-18-6-12-23(13-7-18)34(36)37/h1-17H,(H,32,35)/b24-14+,30-15+. The van der Waals surface area contributed by atoms with Gasteiger partial charge in [0.2, 0.25) is 0 Å². The fraction of sp³-hybridized carbons (Fsp3) is 0.0385. The van der Waals surface area contributed by atoms with Gasteiger partial charge < -0.3 is 0 Å². The van der Waals surface area contributed by atoms with Crippen LogP contribution in [0.25, 0.3) is 17.3 Å². The lowest BCUT2D eigenvalue weighted by Crippen LogP contribution is -2.19. The fourth-order valence-corrected chi connectivity index (χ4v) is 3.33. The Morgan fingerprint density at radius 1 is 0.973 bits per heavy atom. The first kappa shape index (κ1) is 25.0. The highest BCUT2D eigenvalue weighted by atomic mass is 19.4. The molecule has 4 aromatic rings. The first-order valence-corrected chi connectivity index (χ1v) is 10.8. The van der Waals surface area contributed by atoms with E-state index in [1.807, 2.05) is 30.3 Å². The number of rotatable bonds is 7. The number of hydrogen-bond acceptors (Lipinski definition) is 5. The molecule has 37 heavy (non-hydrogen) atoms. The SMILES string of the molecule is O=C(N/N=C/c1ccc([N+](=O)[O-])cc1)/C(=C/c1cnn(-c2ccccc2)c1)c1ccc(C(F)(F)F)cc1. The number of nitro groups is 1. The highest BCUT2D eigenvalue weighted by molar-refractivity contribution is 6.24. The van der Waals surface area contributed by atoms with Gasteiger partial charge in [-0.15, -0.1) is 0 Å². The molecular weight excluding hydrogens is 487 g/mol. The Morgan fingerprint density at radius 3 is 2.27 bits per heavy atom. The summed E-state index contributed by atoms with van der Waals surface area (Å²) in [6, 6.07) is 18.9. The van der Waals surface area contributed by atoms with Crippen molar-refractivity contribution in [2.75, 3.05) is 0 Å². The highest BCUT2D eigenvalue weighted by Crippen LogP contribution is 2.30. The minimum absolute atomic E-state index is 0.0576. The molecule has 0 saturated heterocycles. The van der Waals surface area contributed by atoms with E-state index in [0.717, 1.165) is 17.8 Å². The number of halogens is 3. The summed E-state index contributed by atoms with van der Waals surface area (Å²) in [4.78, 5) is 23.2. The number of nitrogens with zero attached hydrogens (tertiary/aromatic N) is 4. The number of para-hydroxylation sites is 1. The minimum atomic E-state index is -4.52. The van der Waals surface area contributed by atoms with Crippen molar-refractivity contribution >= 4 is 29.5 Å². The van der Waals surface area contributed by atoms with E-state index >= 15 is 0 Å². The summed E-state index contributed by atoms with van der Waals surface area (Å²) < 4.78 is 40.7.